The fourth-order valence-corrected chi connectivity index (χ4v) is 3.10. The van der Waals surface area contributed by atoms with Crippen LogP contribution in [0, 0.1) is 5.92 Å². The van der Waals surface area contributed by atoms with Crippen LogP contribution in [-0.2, 0) is 11.8 Å². The molecule has 2 rings (SSSR count). The molecule has 0 bridgehead atoms. The van der Waals surface area contributed by atoms with E-state index in [4.69, 9.17) is 0 Å². The Hall–Kier alpha value is -1.31. The smallest absolute Gasteiger partial charge is 0.0868 e. The van der Waals surface area contributed by atoms with Gasteiger partial charge >= 0.3 is 0 Å². The summed E-state index contributed by atoms with van der Waals surface area (Å²) in [6.07, 6.45) is 3.13. The second kappa shape index (κ2) is 4.75. The zero-order valence-electron chi connectivity index (χ0n) is 11.8. The number of oxime groups is 1. The number of rotatable bonds is 2. The maximum absolute atomic E-state index is 9.21. The quantitative estimate of drug-likeness (QED) is 0.474. The van der Waals surface area contributed by atoms with Crippen molar-refractivity contribution in [2.45, 2.75) is 52.4 Å². The molecule has 0 amide bonds. The topological polar surface area (TPSA) is 32.6 Å². The molecule has 1 aromatic carbocycles. The zero-order valence-corrected chi connectivity index (χ0v) is 11.8. The molecule has 1 aromatic rings. The van der Waals surface area contributed by atoms with Crippen LogP contribution in [0.3, 0.4) is 0 Å². The summed E-state index contributed by atoms with van der Waals surface area (Å²) in [7, 11) is 0. The van der Waals surface area contributed by atoms with Crippen LogP contribution in [0.2, 0.25) is 0 Å². The highest BCUT2D eigenvalue weighted by molar-refractivity contribution is 6.01. The molecule has 0 aromatic heterocycles. The number of fused-ring (bicyclic) bond motifs is 1. The summed E-state index contributed by atoms with van der Waals surface area (Å²) in [6, 6.07) is 6.40. The molecule has 0 heterocycles. The lowest BCUT2D eigenvalue weighted by molar-refractivity contribution is 0.300. The van der Waals surface area contributed by atoms with Gasteiger partial charge in [0, 0.05) is 5.56 Å². The Balaban J connectivity index is 2.65. The first kappa shape index (κ1) is 13.1. The second-order valence-electron chi connectivity index (χ2n) is 5.90. The van der Waals surface area contributed by atoms with Crippen LogP contribution < -0.4 is 0 Å². The number of aryl methyl sites for hydroxylation is 1. The van der Waals surface area contributed by atoms with Crippen molar-refractivity contribution >= 4 is 5.71 Å². The van der Waals surface area contributed by atoms with Gasteiger partial charge in [0.05, 0.1) is 5.71 Å². The number of benzene rings is 1. The van der Waals surface area contributed by atoms with Gasteiger partial charge in [-0.25, -0.2) is 0 Å². The van der Waals surface area contributed by atoms with Gasteiger partial charge in [-0.15, -0.1) is 0 Å². The van der Waals surface area contributed by atoms with Crippen molar-refractivity contribution in [1.82, 2.24) is 0 Å². The maximum Gasteiger partial charge on any atom is 0.0868 e. The third-order valence-corrected chi connectivity index (χ3v) is 4.64. The van der Waals surface area contributed by atoms with Crippen molar-refractivity contribution < 1.29 is 5.21 Å². The molecule has 18 heavy (non-hydrogen) atoms. The maximum atomic E-state index is 9.21. The van der Waals surface area contributed by atoms with Crippen molar-refractivity contribution in [1.29, 1.82) is 0 Å². The second-order valence-corrected chi connectivity index (χ2v) is 5.90. The van der Waals surface area contributed by atoms with Crippen molar-refractivity contribution in [3.8, 4) is 0 Å². The van der Waals surface area contributed by atoms with E-state index in [-0.39, 0.29) is 5.41 Å². The van der Waals surface area contributed by atoms with E-state index in [0.717, 1.165) is 24.1 Å². The van der Waals surface area contributed by atoms with E-state index in [2.05, 4.69) is 44.1 Å². The first-order valence-electron chi connectivity index (χ1n) is 6.86. The van der Waals surface area contributed by atoms with Crippen molar-refractivity contribution in [3.63, 3.8) is 0 Å². The zero-order chi connectivity index (χ0) is 13.3. The first-order chi connectivity index (χ1) is 8.52. The number of hydrogen-bond acceptors (Lipinski definition) is 2. The van der Waals surface area contributed by atoms with E-state index in [1.807, 2.05) is 6.92 Å². The summed E-state index contributed by atoms with van der Waals surface area (Å²) in [6.45, 7) is 8.97. The van der Waals surface area contributed by atoms with Gasteiger partial charge in [0.15, 0.2) is 0 Å². The lowest BCUT2D eigenvalue weighted by Crippen LogP contribution is -2.34. The van der Waals surface area contributed by atoms with Crippen molar-refractivity contribution in [3.05, 3.63) is 34.9 Å². The molecule has 2 heteroatoms. The molecule has 1 atom stereocenters. The SMILES string of the molecule is CC/C(=N/O)c1cccc2c1C(C)(C)C(C)CC2. The summed E-state index contributed by atoms with van der Waals surface area (Å²) < 4.78 is 0. The molecule has 1 unspecified atom stereocenters. The third kappa shape index (κ3) is 1.94. The molecule has 0 saturated heterocycles. The fourth-order valence-electron chi connectivity index (χ4n) is 3.10. The monoisotopic (exact) mass is 245 g/mol. The third-order valence-electron chi connectivity index (χ3n) is 4.64. The average molecular weight is 245 g/mol. The predicted octanol–water partition coefficient (Wildman–Crippen LogP) is 4.13. The van der Waals surface area contributed by atoms with Gasteiger partial charge in [-0.05, 0) is 41.7 Å². The van der Waals surface area contributed by atoms with Crippen molar-refractivity contribution in [2.75, 3.05) is 0 Å². The van der Waals surface area contributed by atoms with Crippen LogP contribution in [0.25, 0.3) is 0 Å². The molecular weight excluding hydrogens is 222 g/mol. The van der Waals surface area contributed by atoms with E-state index >= 15 is 0 Å². The summed E-state index contributed by atoms with van der Waals surface area (Å²) in [5.74, 6) is 0.656. The van der Waals surface area contributed by atoms with Crippen LogP contribution in [-0.4, -0.2) is 10.9 Å². The Morgan fingerprint density at radius 1 is 1.44 bits per heavy atom. The van der Waals surface area contributed by atoms with Gasteiger partial charge in [0.1, 0.15) is 0 Å². The van der Waals surface area contributed by atoms with Crippen LogP contribution in [0.15, 0.2) is 23.4 Å². The van der Waals surface area contributed by atoms with Gasteiger partial charge in [0.2, 0.25) is 0 Å². The lowest BCUT2D eigenvalue weighted by atomic mass is 9.64. The normalized spacial score (nSPS) is 22.7. The molecule has 0 fully saturated rings. The van der Waals surface area contributed by atoms with Crippen LogP contribution in [0.4, 0.5) is 0 Å². The largest absolute Gasteiger partial charge is 0.411 e. The minimum absolute atomic E-state index is 0.148. The molecular formula is C16H23NO. The molecule has 1 aliphatic rings. The molecule has 0 saturated carbocycles. The van der Waals surface area contributed by atoms with Crippen LogP contribution in [0.5, 0.6) is 0 Å². The van der Waals surface area contributed by atoms with Gasteiger partial charge < -0.3 is 5.21 Å². The molecule has 98 valence electrons. The van der Waals surface area contributed by atoms with Crippen LogP contribution >= 0.6 is 0 Å². The average Bonchev–Trinajstić information content (AvgIpc) is 2.36. The number of nitrogens with zero attached hydrogens (tertiary/aromatic N) is 1. The van der Waals surface area contributed by atoms with Crippen molar-refractivity contribution in [2.24, 2.45) is 11.1 Å². The minimum atomic E-state index is 0.148. The van der Waals surface area contributed by atoms with E-state index < -0.39 is 0 Å². The highest BCUT2D eigenvalue weighted by Gasteiger charge is 2.36. The summed E-state index contributed by atoms with van der Waals surface area (Å²) in [4.78, 5) is 0. The Morgan fingerprint density at radius 2 is 2.17 bits per heavy atom. The first-order valence-corrected chi connectivity index (χ1v) is 6.86. The summed E-state index contributed by atoms with van der Waals surface area (Å²) >= 11 is 0. The lowest BCUT2D eigenvalue weighted by Gasteiger charge is -2.40. The van der Waals surface area contributed by atoms with Gasteiger partial charge in [-0.1, -0.05) is 51.0 Å². The molecule has 2 nitrogen and oxygen atoms in total. The van der Waals surface area contributed by atoms with Gasteiger partial charge in [-0.3, -0.25) is 0 Å². The standard InChI is InChI=1S/C16H23NO/c1-5-14(17-18)13-8-6-7-12-10-9-11(2)16(3,4)15(12)13/h6-8,11,18H,5,9-10H2,1-4H3/b17-14-. The minimum Gasteiger partial charge on any atom is -0.411 e. The molecule has 1 aliphatic carbocycles. The Labute approximate surface area is 110 Å². The Morgan fingerprint density at radius 3 is 2.78 bits per heavy atom. The molecule has 1 N–H and O–H groups in total. The van der Waals surface area contributed by atoms with Crippen LogP contribution in [0.1, 0.15) is 57.2 Å². The Bertz CT molecular complexity index is 474. The van der Waals surface area contributed by atoms with E-state index in [0.29, 0.717) is 5.92 Å². The molecule has 0 radical (unpaired) electrons. The highest BCUT2D eigenvalue weighted by Crippen LogP contribution is 2.42. The fraction of sp³-hybridized carbons (Fsp3) is 0.562. The summed E-state index contributed by atoms with van der Waals surface area (Å²) in [5, 5.41) is 12.7. The van der Waals surface area contributed by atoms with E-state index in [9.17, 15) is 5.21 Å². The highest BCUT2D eigenvalue weighted by atomic mass is 16.4. The Kier molecular flexibility index (Phi) is 3.47. The molecule has 0 spiro atoms. The number of hydrogen-bond donors (Lipinski definition) is 1. The van der Waals surface area contributed by atoms with E-state index in [1.165, 1.54) is 17.5 Å². The van der Waals surface area contributed by atoms with Gasteiger partial charge in [0.25, 0.3) is 0 Å². The summed E-state index contributed by atoms with van der Waals surface area (Å²) in [5.41, 5.74) is 4.89. The van der Waals surface area contributed by atoms with Gasteiger partial charge in [-0.2, -0.15) is 0 Å². The van der Waals surface area contributed by atoms with E-state index in [1.54, 1.807) is 0 Å². The predicted molar refractivity (Wildman–Crippen MR) is 75.6 cm³/mol. The molecule has 0 aliphatic heterocycles.